The van der Waals surface area contributed by atoms with Gasteiger partial charge in [-0.1, -0.05) is 19.0 Å². The highest BCUT2D eigenvalue weighted by Gasteiger charge is 2.24. The number of carbonyl (C=O) groups is 2. The Balaban J connectivity index is 2.09. The van der Waals surface area contributed by atoms with E-state index in [0.717, 1.165) is 0 Å². The smallest absolute Gasteiger partial charge is 0.355 e. The maximum atomic E-state index is 12.2. The number of rotatable bonds is 6. The fraction of sp³-hybridized carbons (Fsp3) is 0.500. The molecule has 1 N–H and O–H groups in total. The van der Waals surface area contributed by atoms with E-state index < -0.39 is 11.9 Å². The van der Waals surface area contributed by atoms with Crippen LogP contribution in [0.1, 0.15) is 70.5 Å². The summed E-state index contributed by atoms with van der Waals surface area (Å²) in [5.74, 6) is -0.175. The van der Waals surface area contributed by atoms with Crippen molar-refractivity contribution < 1.29 is 23.6 Å². The molecular formula is C16H21N3O5. The first kappa shape index (κ1) is 17.7. The first-order valence-electron chi connectivity index (χ1n) is 7.71. The van der Waals surface area contributed by atoms with E-state index in [4.69, 9.17) is 14.0 Å². The molecule has 24 heavy (non-hydrogen) atoms. The molecule has 0 radical (unpaired) electrons. The molecule has 2 rings (SSSR count). The van der Waals surface area contributed by atoms with Crippen molar-refractivity contribution >= 4 is 11.9 Å². The average Bonchev–Trinajstić information content (AvgIpc) is 3.10. The van der Waals surface area contributed by atoms with Gasteiger partial charge in [0.15, 0.2) is 12.4 Å². The number of H-pyrrole nitrogens is 1. The largest absolute Gasteiger partial charge is 0.462 e. The van der Waals surface area contributed by atoms with Crippen molar-refractivity contribution in [2.45, 2.75) is 47.1 Å². The van der Waals surface area contributed by atoms with Crippen molar-refractivity contribution in [2.24, 2.45) is 0 Å². The molecule has 0 aliphatic carbocycles. The molecule has 0 spiro atoms. The van der Waals surface area contributed by atoms with Crippen molar-refractivity contribution in [1.82, 2.24) is 15.1 Å². The van der Waals surface area contributed by atoms with Gasteiger partial charge in [0.1, 0.15) is 5.69 Å². The second kappa shape index (κ2) is 7.29. The maximum absolute atomic E-state index is 12.2. The highest BCUT2D eigenvalue weighted by atomic mass is 16.6. The van der Waals surface area contributed by atoms with E-state index in [2.05, 4.69) is 15.1 Å². The summed E-state index contributed by atoms with van der Waals surface area (Å²) in [6, 6.07) is 0. The highest BCUT2D eigenvalue weighted by molar-refractivity contribution is 5.98. The summed E-state index contributed by atoms with van der Waals surface area (Å²) in [5, 5.41) is 3.80. The molecule has 0 aromatic carbocycles. The Labute approximate surface area is 139 Å². The second-order valence-electron chi connectivity index (χ2n) is 5.62. The predicted octanol–water partition coefficient (Wildman–Crippen LogP) is 2.67. The number of nitrogens with one attached hydrogen (secondary N) is 1. The lowest BCUT2D eigenvalue weighted by atomic mass is 10.1. The number of hydrogen-bond donors (Lipinski definition) is 1. The number of esters is 2. The Morgan fingerprint density at radius 2 is 1.92 bits per heavy atom. The minimum Gasteiger partial charge on any atom is -0.462 e. The van der Waals surface area contributed by atoms with Crippen molar-refractivity contribution in [3.05, 3.63) is 34.2 Å². The van der Waals surface area contributed by atoms with Crippen LogP contribution in [0, 0.1) is 13.8 Å². The molecule has 0 bridgehead atoms. The zero-order valence-corrected chi connectivity index (χ0v) is 14.4. The van der Waals surface area contributed by atoms with Gasteiger partial charge in [0.05, 0.1) is 12.2 Å². The van der Waals surface area contributed by atoms with E-state index >= 15 is 0 Å². The van der Waals surface area contributed by atoms with Crippen LogP contribution in [0.4, 0.5) is 0 Å². The Hall–Kier alpha value is -2.64. The first-order valence-corrected chi connectivity index (χ1v) is 7.71. The molecule has 0 amide bonds. The van der Waals surface area contributed by atoms with Gasteiger partial charge in [-0.3, -0.25) is 0 Å². The fourth-order valence-electron chi connectivity index (χ4n) is 2.22. The second-order valence-corrected chi connectivity index (χ2v) is 5.62. The van der Waals surface area contributed by atoms with Gasteiger partial charge in [0, 0.05) is 11.6 Å². The lowest BCUT2D eigenvalue weighted by Crippen LogP contribution is -2.09. The molecule has 2 aromatic rings. The van der Waals surface area contributed by atoms with E-state index in [1.165, 1.54) is 0 Å². The molecule has 0 aliphatic heterocycles. The molecule has 2 heterocycles. The summed E-state index contributed by atoms with van der Waals surface area (Å²) in [4.78, 5) is 31.2. The van der Waals surface area contributed by atoms with Crippen LogP contribution in [0.15, 0.2) is 4.52 Å². The molecule has 0 atom stereocenters. The molecule has 0 aliphatic rings. The topological polar surface area (TPSA) is 107 Å². The van der Waals surface area contributed by atoms with E-state index in [1.54, 1.807) is 20.8 Å². The summed E-state index contributed by atoms with van der Waals surface area (Å²) in [5.41, 5.74) is 1.60. The maximum Gasteiger partial charge on any atom is 0.355 e. The minimum atomic E-state index is -0.601. The van der Waals surface area contributed by atoms with Crippen LogP contribution in [0.3, 0.4) is 0 Å². The molecular weight excluding hydrogens is 314 g/mol. The molecule has 8 nitrogen and oxygen atoms in total. The van der Waals surface area contributed by atoms with Crippen molar-refractivity contribution in [3.63, 3.8) is 0 Å². The summed E-state index contributed by atoms with van der Waals surface area (Å²) < 4.78 is 15.2. The summed E-state index contributed by atoms with van der Waals surface area (Å²) in [6.45, 7) is 9.08. The number of aromatic nitrogens is 3. The van der Waals surface area contributed by atoms with Gasteiger partial charge < -0.3 is 19.0 Å². The normalized spacial score (nSPS) is 10.9. The van der Waals surface area contributed by atoms with Gasteiger partial charge in [-0.15, -0.1) is 0 Å². The monoisotopic (exact) mass is 335 g/mol. The Morgan fingerprint density at radius 1 is 1.21 bits per heavy atom. The third-order valence-corrected chi connectivity index (χ3v) is 3.45. The van der Waals surface area contributed by atoms with Crippen LogP contribution in [-0.2, 0) is 16.1 Å². The van der Waals surface area contributed by atoms with Crippen LogP contribution in [-0.4, -0.2) is 33.7 Å². The lowest BCUT2D eigenvalue weighted by Gasteiger charge is -2.03. The van der Waals surface area contributed by atoms with Gasteiger partial charge in [-0.05, 0) is 26.3 Å². The van der Waals surface area contributed by atoms with E-state index in [1.807, 2.05) is 13.8 Å². The summed E-state index contributed by atoms with van der Waals surface area (Å²) in [7, 11) is 0. The number of aryl methyl sites for hydroxylation is 1. The standard InChI is InChI=1S/C16H21N3O5/c1-6-22-15(20)12-9(4)13(17-10(12)5)16(21)23-7-11-18-14(8(2)3)19-24-11/h8,17H,6-7H2,1-5H3. The van der Waals surface area contributed by atoms with Crippen molar-refractivity contribution in [2.75, 3.05) is 6.61 Å². The summed E-state index contributed by atoms with van der Waals surface area (Å²) >= 11 is 0. The molecule has 0 saturated heterocycles. The molecule has 0 unspecified atom stereocenters. The third-order valence-electron chi connectivity index (χ3n) is 3.45. The minimum absolute atomic E-state index is 0.124. The van der Waals surface area contributed by atoms with Gasteiger partial charge >= 0.3 is 11.9 Å². The van der Waals surface area contributed by atoms with Gasteiger partial charge in [-0.25, -0.2) is 9.59 Å². The number of carbonyl (C=O) groups excluding carboxylic acids is 2. The lowest BCUT2D eigenvalue weighted by molar-refractivity contribution is 0.0422. The number of ether oxygens (including phenoxy) is 2. The first-order chi connectivity index (χ1) is 11.3. The van der Waals surface area contributed by atoms with E-state index in [-0.39, 0.29) is 30.7 Å². The molecule has 130 valence electrons. The zero-order valence-electron chi connectivity index (χ0n) is 14.4. The van der Waals surface area contributed by atoms with Crippen LogP contribution in [0.5, 0.6) is 0 Å². The van der Waals surface area contributed by atoms with Crippen LogP contribution in [0.2, 0.25) is 0 Å². The van der Waals surface area contributed by atoms with Gasteiger partial charge in [0.25, 0.3) is 5.89 Å². The highest BCUT2D eigenvalue weighted by Crippen LogP contribution is 2.20. The van der Waals surface area contributed by atoms with E-state index in [9.17, 15) is 9.59 Å². The number of aromatic amines is 1. The van der Waals surface area contributed by atoms with Crippen molar-refractivity contribution in [1.29, 1.82) is 0 Å². The van der Waals surface area contributed by atoms with E-state index in [0.29, 0.717) is 22.6 Å². The number of nitrogens with zero attached hydrogens (tertiary/aromatic N) is 2. The van der Waals surface area contributed by atoms with Gasteiger partial charge in [0.2, 0.25) is 0 Å². The Bertz CT molecular complexity index is 745. The fourth-order valence-corrected chi connectivity index (χ4v) is 2.22. The summed E-state index contributed by atoms with van der Waals surface area (Å²) in [6.07, 6.45) is 0. The SMILES string of the molecule is CCOC(=O)c1c(C)[nH]c(C(=O)OCc2nc(C(C)C)no2)c1C. The number of hydrogen-bond acceptors (Lipinski definition) is 7. The molecule has 8 heteroatoms. The quantitative estimate of drug-likeness (QED) is 0.808. The third kappa shape index (κ3) is 3.64. The Morgan fingerprint density at radius 3 is 2.50 bits per heavy atom. The zero-order chi connectivity index (χ0) is 17.9. The molecule has 2 aromatic heterocycles. The molecule has 0 saturated carbocycles. The van der Waals surface area contributed by atoms with Gasteiger partial charge in [-0.2, -0.15) is 4.98 Å². The van der Waals surface area contributed by atoms with Crippen molar-refractivity contribution in [3.8, 4) is 0 Å². The predicted molar refractivity (Wildman–Crippen MR) is 83.7 cm³/mol. The Kier molecular flexibility index (Phi) is 5.38. The van der Waals surface area contributed by atoms with Crippen LogP contribution < -0.4 is 0 Å². The average molecular weight is 335 g/mol. The molecule has 0 fully saturated rings. The van der Waals surface area contributed by atoms with Crippen LogP contribution in [0.25, 0.3) is 0 Å². The van der Waals surface area contributed by atoms with Crippen LogP contribution >= 0.6 is 0 Å².